The van der Waals surface area contributed by atoms with Crippen molar-refractivity contribution in [1.29, 1.82) is 0 Å². The second-order valence-electron chi connectivity index (χ2n) is 23.1. The van der Waals surface area contributed by atoms with Crippen LogP contribution in [0.2, 0.25) is 0 Å². The molecule has 0 saturated carbocycles. The summed E-state index contributed by atoms with van der Waals surface area (Å²) in [7, 11) is 0. The third kappa shape index (κ3) is 8.46. The summed E-state index contributed by atoms with van der Waals surface area (Å²) in [6.45, 7) is 42.8. The van der Waals surface area contributed by atoms with Crippen LogP contribution in [0.1, 0.15) is 158 Å². The van der Waals surface area contributed by atoms with Crippen molar-refractivity contribution >= 4 is 66.7 Å². The van der Waals surface area contributed by atoms with Crippen LogP contribution in [0.15, 0.2) is 84.9 Å². The molecule has 0 atom stereocenters. The highest BCUT2D eigenvalue weighted by Gasteiger charge is 2.34. The zero-order valence-electron chi connectivity index (χ0n) is 38.8. The zero-order chi connectivity index (χ0) is 43.3. The van der Waals surface area contributed by atoms with Crippen molar-refractivity contribution in [1.82, 2.24) is 0 Å². The average molecular weight is 995 g/mol. The number of benzene rings is 6. The van der Waals surface area contributed by atoms with Crippen LogP contribution in [0.5, 0.6) is 0 Å². The molecule has 0 N–H and O–H groups in total. The van der Waals surface area contributed by atoms with Crippen molar-refractivity contribution in [2.24, 2.45) is 0 Å². The van der Waals surface area contributed by atoms with Crippen molar-refractivity contribution in [3.8, 4) is 33.4 Å². The number of rotatable bonds is 3. The van der Waals surface area contributed by atoms with Gasteiger partial charge in [0.25, 0.3) is 0 Å². The monoisotopic (exact) mass is 994 g/mol. The van der Waals surface area contributed by atoms with E-state index in [4.69, 9.17) is 0 Å². The molecule has 0 aliphatic carbocycles. The van der Waals surface area contributed by atoms with Gasteiger partial charge in [0.05, 0.1) is 0 Å². The molecule has 58 heavy (non-hydrogen) atoms. The van der Waals surface area contributed by atoms with Gasteiger partial charge < -0.3 is 0 Å². The Morgan fingerprint density at radius 2 is 0.569 bits per heavy atom. The fourth-order valence-electron chi connectivity index (χ4n) is 8.59. The van der Waals surface area contributed by atoms with E-state index in [0.29, 0.717) is 0 Å². The lowest BCUT2D eigenvalue weighted by atomic mass is 9.70. The van der Waals surface area contributed by atoms with Crippen molar-refractivity contribution < 1.29 is 0 Å². The van der Waals surface area contributed by atoms with E-state index >= 15 is 0 Å². The molecule has 0 aliphatic rings. The van der Waals surface area contributed by atoms with Gasteiger partial charge in [-0.1, -0.05) is 197 Å². The van der Waals surface area contributed by atoms with E-state index in [-0.39, 0.29) is 32.5 Å². The molecule has 0 nitrogen and oxygen atoms in total. The maximum atomic E-state index is 2.74. The Morgan fingerprint density at radius 1 is 0.310 bits per heavy atom. The van der Waals surface area contributed by atoms with Crippen LogP contribution >= 0.6 is 45.2 Å². The van der Waals surface area contributed by atoms with E-state index in [1.165, 1.54) is 95.4 Å². The van der Waals surface area contributed by atoms with Gasteiger partial charge in [-0.3, -0.25) is 0 Å². The first kappa shape index (κ1) is 44.8. The molecule has 6 aromatic carbocycles. The summed E-state index contributed by atoms with van der Waals surface area (Å²) in [5.41, 5.74) is 16.3. The van der Waals surface area contributed by atoms with Gasteiger partial charge in [0.15, 0.2) is 0 Å². The lowest BCUT2D eigenvalue weighted by molar-refractivity contribution is 0.550. The molecule has 0 spiro atoms. The van der Waals surface area contributed by atoms with Gasteiger partial charge in [0, 0.05) is 18.3 Å². The highest BCUT2D eigenvalue weighted by molar-refractivity contribution is 14.1. The molecule has 2 heteroatoms. The van der Waals surface area contributed by atoms with Gasteiger partial charge in [0.2, 0.25) is 0 Å². The third-order valence-corrected chi connectivity index (χ3v) is 14.2. The van der Waals surface area contributed by atoms with Gasteiger partial charge >= 0.3 is 0 Å². The van der Waals surface area contributed by atoms with Gasteiger partial charge in [-0.15, -0.1) is 0 Å². The molecule has 0 fully saturated rings. The van der Waals surface area contributed by atoms with E-state index in [9.17, 15) is 0 Å². The molecule has 0 heterocycles. The number of halogens is 2. The van der Waals surface area contributed by atoms with Crippen LogP contribution in [0.25, 0.3) is 54.9 Å². The minimum atomic E-state index is -0.0710. The molecule has 6 rings (SSSR count). The first-order valence-corrected chi connectivity index (χ1v) is 23.4. The maximum absolute atomic E-state index is 2.74. The number of hydrogen-bond acceptors (Lipinski definition) is 0. The Bertz CT molecular complexity index is 2300. The van der Waals surface area contributed by atoms with E-state index in [1.54, 1.807) is 0 Å². The Balaban J connectivity index is 1.87. The smallest absolute Gasteiger partial charge is 0.0294 e. The van der Waals surface area contributed by atoms with Gasteiger partial charge in [-0.2, -0.15) is 0 Å². The summed E-state index contributed by atoms with van der Waals surface area (Å²) in [5.74, 6) is 0. The summed E-state index contributed by atoms with van der Waals surface area (Å²) >= 11 is 5.47. The average Bonchev–Trinajstić information content (AvgIpc) is 3.08. The topological polar surface area (TPSA) is 0 Å². The fourth-order valence-corrected chi connectivity index (χ4v) is 10.6. The third-order valence-electron chi connectivity index (χ3n) is 12.0. The molecule has 6 aromatic rings. The van der Waals surface area contributed by atoms with Crippen LogP contribution in [-0.4, -0.2) is 0 Å². The predicted octanol–water partition coefficient (Wildman–Crippen LogP) is 18.0. The largest absolute Gasteiger partial charge is 0.0616 e. The summed E-state index contributed by atoms with van der Waals surface area (Å²) in [4.78, 5) is 0. The molecule has 0 radical (unpaired) electrons. The molecular weight excluding hydrogens is 926 g/mol. The predicted molar refractivity (Wildman–Crippen MR) is 275 cm³/mol. The zero-order valence-corrected chi connectivity index (χ0v) is 43.2. The second-order valence-corrected chi connectivity index (χ2v) is 25.2. The molecule has 0 aromatic heterocycles. The van der Waals surface area contributed by atoms with Gasteiger partial charge in [-0.05, 0) is 167 Å². The highest BCUT2D eigenvalue weighted by atomic mass is 127. The first-order chi connectivity index (χ1) is 26.4. The minimum absolute atomic E-state index is 0.0264. The Labute approximate surface area is 379 Å². The summed E-state index contributed by atoms with van der Waals surface area (Å²) in [5, 5.41) is 5.15. The Kier molecular flexibility index (Phi) is 11.6. The fraction of sp³-hybridized carbons (Fsp3) is 0.429. The maximum Gasteiger partial charge on any atom is 0.0294 e. The lowest BCUT2D eigenvalue weighted by Gasteiger charge is -2.35. The normalized spacial score (nSPS) is 13.5. The van der Waals surface area contributed by atoms with E-state index in [0.717, 1.165) is 0 Å². The molecule has 0 saturated heterocycles. The van der Waals surface area contributed by atoms with Crippen LogP contribution in [0.3, 0.4) is 0 Å². The van der Waals surface area contributed by atoms with Crippen LogP contribution < -0.4 is 0 Å². The molecule has 0 bridgehead atoms. The van der Waals surface area contributed by atoms with Crippen LogP contribution in [0.4, 0.5) is 0 Å². The molecule has 0 amide bonds. The van der Waals surface area contributed by atoms with E-state index < -0.39 is 0 Å². The number of hydrogen-bond donors (Lipinski definition) is 0. The first-order valence-electron chi connectivity index (χ1n) is 21.2. The van der Waals surface area contributed by atoms with Crippen LogP contribution in [0, 0.1) is 7.14 Å². The highest BCUT2D eigenvalue weighted by Crippen LogP contribution is 2.52. The number of fused-ring (bicyclic) bond motifs is 2. The van der Waals surface area contributed by atoms with Crippen LogP contribution in [-0.2, 0) is 32.5 Å². The Morgan fingerprint density at radius 3 is 0.810 bits per heavy atom. The minimum Gasteiger partial charge on any atom is -0.0616 e. The lowest BCUT2D eigenvalue weighted by Crippen LogP contribution is -2.23. The summed E-state index contributed by atoms with van der Waals surface area (Å²) < 4.78 is 2.62. The SMILES string of the molecule is CC(C)(C)c1cc(C(C)(C)C)c(-c2cc3ccccc3c(-c3c(I)c(-c4c(C(C)(C)C)cc(C(C)(C)C)cc4C(C)(C)C)cc4ccccc34)c2I)c(C(C)(C)C)c1. The molecule has 0 unspecified atom stereocenters. The quantitative estimate of drug-likeness (QED) is 0.155. The van der Waals surface area contributed by atoms with E-state index in [2.05, 4.69) is 255 Å². The van der Waals surface area contributed by atoms with Crippen molar-refractivity contribution in [3.05, 3.63) is 125 Å². The van der Waals surface area contributed by atoms with Crippen molar-refractivity contribution in [2.45, 2.75) is 157 Å². The molecule has 306 valence electrons. The van der Waals surface area contributed by atoms with Crippen molar-refractivity contribution in [2.75, 3.05) is 0 Å². The standard InChI is InChI=1S/C56H68I2/c1-51(2,3)35-29-41(53(7,8)9)45(42(30-35)54(10,11)12)39-27-33-23-19-21-25-37(33)47(49(39)57)48-38-26-22-20-24-34(38)28-40(50(48)58)46-43(55(13,14)15)31-36(52(4,5)6)32-44(46)56(16,17)18/h19-32H,1-18H3. The van der Waals surface area contributed by atoms with Gasteiger partial charge in [-0.25, -0.2) is 0 Å². The second kappa shape index (κ2) is 15.0. The summed E-state index contributed by atoms with van der Waals surface area (Å²) in [6.07, 6.45) is 0. The van der Waals surface area contributed by atoms with Crippen molar-refractivity contribution in [3.63, 3.8) is 0 Å². The Hall–Kier alpha value is -2.70. The summed E-state index contributed by atoms with van der Waals surface area (Å²) in [6, 6.07) is 33.3. The van der Waals surface area contributed by atoms with Gasteiger partial charge in [0.1, 0.15) is 0 Å². The molecule has 0 aliphatic heterocycles. The molecular formula is C56H68I2. The van der Waals surface area contributed by atoms with E-state index in [1.807, 2.05) is 0 Å².